The van der Waals surface area contributed by atoms with Crippen LogP contribution in [0.25, 0.3) is 11.2 Å². The maximum absolute atomic E-state index is 10.3. The van der Waals surface area contributed by atoms with Gasteiger partial charge in [0.1, 0.15) is 37.9 Å². The summed E-state index contributed by atoms with van der Waals surface area (Å²) in [4.78, 5) is 23.4. The van der Waals surface area contributed by atoms with Crippen molar-refractivity contribution in [2.45, 2.75) is 44.2 Å². The van der Waals surface area contributed by atoms with Gasteiger partial charge in [-0.05, 0) is 13.8 Å². The van der Waals surface area contributed by atoms with Crippen molar-refractivity contribution < 1.29 is 28.5 Å². The predicted molar refractivity (Wildman–Crippen MR) is 89.1 cm³/mol. The summed E-state index contributed by atoms with van der Waals surface area (Å²) in [5, 5.41) is 3.09. The van der Waals surface area contributed by atoms with Gasteiger partial charge in [-0.3, -0.25) is 4.79 Å². The van der Waals surface area contributed by atoms with E-state index in [1.54, 1.807) is 4.57 Å². The molecule has 0 saturated carbocycles. The topological polar surface area (TPSA) is 119 Å². The fraction of sp³-hybridized carbons (Fsp3) is 0.625. The fourth-order valence-corrected chi connectivity index (χ4v) is 3.78. The van der Waals surface area contributed by atoms with Crippen molar-refractivity contribution >= 4 is 23.5 Å². The van der Waals surface area contributed by atoms with Gasteiger partial charge in [-0.2, -0.15) is 4.98 Å². The molecule has 0 spiro atoms. The van der Waals surface area contributed by atoms with Crippen molar-refractivity contribution in [1.29, 1.82) is 0 Å². The monoisotopic (exact) mass is 377 g/mol. The van der Waals surface area contributed by atoms with Gasteiger partial charge in [0.25, 0.3) is 6.47 Å². The lowest BCUT2D eigenvalue weighted by Crippen LogP contribution is -2.34. The first-order valence-corrected chi connectivity index (χ1v) is 8.73. The van der Waals surface area contributed by atoms with Crippen LogP contribution in [0.5, 0.6) is 6.01 Å². The molecule has 0 radical (unpaired) electrons. The van der Waals surface area contributed by atoms with E-state index >= 15 is 0 Å². The molecule has 5 heterocycles. The molecule has 3 aliphatic rings. The van der Waals surface area contributed by atoms with E-state index in [0.29, 0.717) is 42.6 Å². The largest absolute Gasteiger partial charge is 0.466 e. The molecule has 2 saturated heterocycles. The Labute approximate surface area is 153 Å². The minimum atomic E-state index is -0.684. The molecule has 2 aromatic rings. The molecule has 5 rings (SSSR count). The summed E-state index contributed by atoms with van der Waals surface area (Å²) >= 11 is 0. The molecule has 4 atom stereocenters. The van der Waals surface area contributed by atoms with Gasteiger partial charge in [-0.1, -0.05) is 0 Å². The molecule has 2 aromatic heterocycles. The lowest BCUT2D eigenvalue weighted by atomic mass is 10.1. The Morgan fingerprint density at radius 3 is 3.07 bits per heavy atom. The quantitative estimate of drug-likeness (QED) is 0.572. The zero-order valence-electron chi connectivity index (χ0n) is 14.8. The number of rotatable bonds is 5. The minimum absolute atomic E-state index is 0.212. The number of nitrogens with zero attached hydrogens (tertiary/aromatic N) is 4. The highest BCUT2D eigenvalue weighted by atomic mass is 16.8. The van der Waals surface area contributed by atoms with Gasteiger partial charge in [0, 0.05) is 0 Å². The summed E-state index contributed by atoms with van der Waals surface area (Å²) in [7, 11) is 0. The summed E-state index contributed by atoms with van der Waals surface area (Å²) in [6.07, 6.45) is 0.252. The van der Waals surface area contributed by atoms with Crippen LogP contribution in [0.15, 0.2) is 6.33 Å². The van der Waals surface area contributed by atoms with Crippen LogP contribution in [-0.4, -0.2) is 69.8 Å². The molecule has 1 N–H and O–H groups in total. The van der Waals surface area contributed by atoms with E-state index in [1.807, 2.05) is 13.8 Å². The van der Waals surface area contributed by atoms with E-state index in [-0.39, 0.29) is 24.9 Å². The predicted octanol–water partition coefficient (Wildman–Crippen LogP) is 0.221. The summed E-state index contributed by atoms with van der Waals surface area (Å²) in [5.74, 6) is -0.162. The second-order valence-electron chi connectivity index (χ2n) is 6.99. The van der Waals surface area contributed by atoms with Crippen LogP contribution < -0.4 is 10.1 Å². The van der Waals surface area contributed by atoms with E-state index in [2.05, 4.69) is 25.0 Å². The first kappa shape index (κ1) is 16.7. The van der Waals surface area contributed by atoms with E-state index in [1.165, 1.54) is 6.33 Å². The smallest absolute Gasteiger partial charge is 0.301 e. The highest BCUT2D eigenvalue weighted by molar-refractivity contribution is 5.84. The molecule has 0 amide bonds. The fourth-order valence-electron chi connectivity index (χ4n) is 3.78. The lowest BCUT2D eigenvalue weighted by molar-refractivity contribution is -0.195. The van der Waals surface area contributed by atoms with Gasteiger partial charge in [0.2, 0.25) is 0 Å². The van der Waals surface area contributed by atoms with Gasteiger partial charge in [0.15, 0.2) is 29.0 Å². The van der Waals surface area contributed by atoms with Crippen molar-refractivity contribution in [2.24, 2.45) is 0 Å². The van der Waals surface area contributed by atoms with Gasteiger partial charge in [-0.25, -0.2) is 14.5 Å². The summed E-state index contributed by atoms with van der Waals surface area (Å²) in [6.45, 7) is 5.10. The number of nitrogens with one attached hydrogen (secondary N) is 1. The second kappa shape index (κ2) is 6.01. The number of imidazole rings is 1. The van der Waals surface area contributed by atoms with Gasteiger partial charge in [0.05, 0.1) is 6.54 Å². The molecule has 2 bridgehead atoms. The molecule has 144 valence electrons. The zero-order chi connectivity index (χ0) is 18.6. The average Bonchev–Trinajstić information content (AvgIpc) is 3.20. The number of anilines is 1. The first-order chi connectivity index (χ1) is 13.1. The Kier molecular flexibility index (Phi) is 3.71. The van der Waals surface area contributed by atoms with Crippen LogP contribution in [0, 0.1) is 0 Å². The molecule has 0 aromatic carbocycles. The SMILES string of the molecule is CC1(C)O[C@@H]2[C@H](O1)[C@H]1COc3nc4c(NCCOC=O)ncnc4n3[C@@H]2O1. The molecule has 11 heteroatoms. The summed E-state index contributed by atoms with van der Waals surface area (Å²) in [5.41, 5.74) is 1.11. The third-order valence-corrected chi connectivity index (χ3v) is 4.78. The van der Waals surface area contributed by atoms with Crippen molar-refractivity contribution in [1.82, 2.24) is 19.5 Å². The van der Waals surface area contributed by atoms with Crippen molar-refractivity contribution in [3.8, 4) is 6.01 Å². The third-order valence-electron chi connectivity index (χ3n) is 4.78. The van der Waals surface area contributed by atoms with E-state index in [4.69, 9.17) is 18.9 Å². The Balaban J connectivity index is 1.51. The molecule has 11 nitrogen and oxygen atoms in total. The second-order valence-corrected chi connectivity index (χ2v) is 6.99. The van der Waals surface area contributed by atoms with Gasteiger partial charge in [-0.15, -0.1) is 0 Å². The Morgan fingerprint density at radius 2 is 2.22 bits per heavy atom. The zero-order valence-corrected chi connectivity index (χ0v) is 14.8. The number of hydrogen-bond donors (Lipinski definition) is 1. The molecular weight excluding hydrogens is 358 g/mol. The van der Waals surface area contributed by atoms with Gasteiger partial charge < -0.3 is 29.0 Å². The van der Waals surface area contributed by atoms with Crippen molar-refractivity contribution in [3.63, 3.8) is 0 Å². The van der Waals surface area contributed by atoms with Crippen LogP contribution in [0.1, 0.15) is 20.1 Å². The Bertz CT molecular complexity index is 886. The normalized spacial score (nSPS) is 30.3. The molecule has 27 heavy (non-hydrogen) atoms. The minimum Gasteiger partial charge on any atom is -0.466 e. The van der Waals surface area contributed by atoms with E-state index in [9.17, 15) is 4.79 Å². The van der Waals surface area contributed by atoms with Crippen molar-refractivity contribution in [3.05, 3.63) is 6.33 Å². The average molecular weight is 377 g/mol. The maximum atomic E-state index is 10.3. The molecule has 0 aliphatic carbocycles. The molecule has 3 aliphatic heterocycles. The summed E-state index contributed by atoms with van der Waals surface area (Å²) in [6, 6.07) is 0.400. The number of aromatic nitrogens is 4. The third kappa shape index (κ3) is 2.61. The van der Waals surface area contributed by atoms with Crippen molar-refractivity contribution in [2.75, 3.05) is 25.1 Å². The molecular formula is C16H19N5O6. The van der Waals surface area contributed by atoms with E-state index < -0.39 is 12.0 Å². The maximum Gasteiger partial charge on any atom is 0.301 e. The highest BCUT2D eigenvalue weighted by Crippen LogP contribution is 2.46. The van der Waals surface area contributed by atoms with Crippen LogP contribution in [0.2, 0.25) is 0 Å². The number of carbonyl (C=O) groups is 1. The van der Waals surface area contributed by atoms with Gasteiger partial charge >= 0.3 is 6.01 Å². The highest BCUT2D eigenvalue weighted by Gasteiger charge is 2.58. The Morgan fingerprint density at radius 1 is 1.37 bits per heavy atom. The summed E-state index contributed by atoms with van der Waals surface area (Å²) < 4.78 is 30.6. The van der Waals surface area contributed by atoms with Crippen LogP contribution in [0.4, 0.5) is 5.82 Å². The lowest BCUT2D eigenvalue weighted by Gasteiger charge is -2.22. The van der Waals surface area contributed by atoms with Crippen LogP contribution in [-0.2, 0) is 23.7 Å². The molecule has 0 unspecified atom stereocenters. The number of carbonyl (C=O) groups excluding carboxylic acids is 1. The van der Waals surface area contributed by atoms with E-state index in [0.717, 1.165) is 0 Å². The van der Waals surface area contributed by atoms with Crippen LogP contribution >= 0.6 is 0 Å². The number of fused-ring (bicyclic) bond motifs is 9. The molecule has 2 fully saturated rings. The standard InChI is InChI=1S/C16H19N5O6/c1-16(2)26-10-8-5-24-15-20-9-12(17-3-4-23-7-22)18-6-19-13(9)21(15)14(25-8)11(10)27-16/h6-8,10-11,14H,3-5H2,1-2H3,(H,17,18,19)/t8-,10-,11-,14-/m1/s1. The van der Waals surface area contributed by atoms with Crippen LogP contribution in [0.3, 0.4) is 0 Å². The first-order valence-electron chi connectivity index (χ1n) is 8.73. The number of ether oxygens (including phenoxy) is 5. The Hall–Kier alpha value is -2.50. The number of hydrogen-bond acceptors (Lipinski definition) is 10.